The molecule has 1 rings (SSSR count). The fourth-order valence-electron chi connectivity index (χ4n) is 1.37. The molecule has 0 spiro atoms. The van der Waals surface area contributed by atoms with Crippen molar-refractivity contribution in [2.24, 2.45) is 0 Å². The number of aromatic hydroxyl groups is 1. The molecule has 0 aliphatic heterocycles. The van der Waals surface area contributed by atoms with Crippen LogP contribution in [0.15, 0.2) is 12.1 Å². The zero-order valence-electron chi connectivity index (χ0n) is 9.59. The molecule has 0 aromatic heterocycles. The minimum absolute atomic E-state index is 0.225. The van der Waals surface area contributed by atoms with Crippen LogP contribution in [0.1, 0.15) is 21.5 Å². The summed E-state index contributed by atoms with van der Waals surface area (Å²) in [6.45, 7) is 1.43. The first kappa shape index (κ1) is 13.3. The lowest BCUT2D eigenvalue weighted by Crippen LogP contribution is -2.25. The summed E-state index contributed by atoms with van der Waals surface area (Å²) < 4.78 is 38.1. The summed E-state index contributed by atoms with van der Waals surface area (Å²) in [6, 6.07) is 1.93. The second-order valence-electron chi connectivity index (χ2n) is 3.85. The molecule has 0 heterocycles. The van der Waals surface area contributed by atoms with Gasteiger partial charge in [-0.05, 0) is 18.6 Å². The number of benzene rings is 1. The predicted octanol–water partition coefficient (Wildman–Crippen LogP) is 2.42. The Kier molecular flexibility index (Phi) is 3.35. The molecule has 0 aliphatic rings. The summed E-state index contributed by atoms with van der Waals surface area (Å²) in [7, 11) is 2.65. The van der Waals surface area contributed by atoms with Crippen LogP contribution in [0.4, 0.5) is 13.2 Å². The van der Waals surface area contributed by atoms with Crippen LogP contribution in [-0.4, -0.2) is 30.0 Å². The summed E-state index contributed by atoms with van der Waals surface area (Å²) in [4.78, 5) is 12.6. The molecular weight excluding hydrogens is 235 g/mol. The molecule has 0 unspecified atom stereocenters. The molecule has 1 aromatic rings. The summed E-state index contributed by atoms with van der Waals surface area (Å²) in [6.07, 6.45) is -4.67. The Labute approximate surface area is 96.5 Å². The van der Waals surface area contributed by atoms with Gasteiger partial charge >= 0.3 is 6.18 Å². The highest BCUT2D eigenvalue weighted by Crippen LogP contribution is 2.37. The van der Waals surface area contributed by atoms with Crippen molar-refractivity contribution in [1.82, 2.24) is 4.90 Å². The van der Waals surface area contributed by atoms with Crippen LogP contribution in [0.5, 0.6) is 5.75 Å². The number of hydrogen-bond acceptors (Lipinski definition) is 2. The number of carbonyl (C=O) groups excluding carboxylic acids is 1. The SMILES string of the molecule is Cc1ccc(C(F)(F)F)c(C(=O)N(C)C)c1O. The third kappa shape index (κ3) is 2.51. The van der Waals surface area contributed by atoms with E-state index in [2.05, 4.69) is 0 Å². The topological polar surface area (TPSA) is 40.5 Å². The number of phenolic OH excluding ortho intramolecular Hbond substituents is 1. The molecule has 0 aliphatic carbocycles. The van der Waals surface area contributed by atoms with E-state index in [4.69, 9.17) is 0 Å². The first-order chi connectivity index (χ1) is 7.66. The number of nitrogens with zero attached hydrogens (tertiary/aromatic N) is 1. The maximum absolute atomic E-state index is 12.7. The van der Waals surface area contributed by atoms with Gasteiger partial charge in [-0.1, -0.05) is 6.07 Å². The lowest BCUT2D eigenvalue weighted by molar-refractivity contribution is -0.138. The van der Waals surface area contributed by atoms with E-state index in [0.29, 0.717) is 0 Å². The van der Waals surface area contributed by atoms with Crippen LogP contribution >= 0.6 is 0 Å². The third-order valence-electron chi connectivity index (χ3n) is 2.31. The molecule has 0 radical (unpaired) electrons. The lowest BCUT2D eigenvalue weighted by Gasteiger charge is -2.18. The Balaban J connectivity index is 3.53. The van der Waals surface area contributed by atoms with Crippen LogP contribution in [0, 0.1) is 6.92 Å². The normalized spacial score (nSPS) is 11.4. The number of carbonyl (C=O) groups is 1. The Bertz CT molecular complexity index is 453. The van der Waals surface area contributed by atoms with E-state index in [1.54, 1.807) is 0 Å². The van der Waals surface area contributed by atoms with Gasteiger partial charge in [0.05, 0.1) is 11.1 Å². The van der Waals surface area contributed by atoms with Crippen LogP contribution in [0.25, 0.3) is 0 Å². The van der Waals surface area contributed by atoms with Crippen LogP contribution in [-0.2, 0) is 6.18 Å². The van der Waals surface area contributed by atoms with Crippen molar-refractivity contribution < 1.29 is 23.1 Å². The molecule has 6 heteroatoms. The van der Waals surface area contributed by atoms with Gasteiger partial charge in [0, 0.05) is 14.1 Å². The third-order valence-corrected chi connectivity index (χ3v) is 2.31. The molecule has 0 saturated heterocycles. The van der Waals surface area contributed by atoms with Gasteiger partial charge in [-0.2, -0.15) is 13.2 Å². The monoisotopic (exact) mass is 247 g/mol. The Morgan fingerprint density at radius 3 is 2.24 bits per heavy atom. The van der Waals surface area contributed by atoms with Gasteiger partial charge < -0.3 is 10.0 Å². The minimum atomic E-state index is -4.67. The fourth-order valence-corrected chi connectivity index (χ4v) is 1.37. The van der Waals surface area contributed by atoms with E-state index in [1.165, 1.54) is 21.0 Å². The zero-order valence-corrected chi connectivity index (χ0v) is 9.59. The van der Waals surface area contributed by atoms with E-state index in [0.717, 1.165) is 17.0 Å². The second-order valence-corrected chi connectivity index (χ2v) is 3.85. The van der Waals surface area contributed by atoms with Crippen molar-refractivity contribution >= 4 is 5.91 Å². The van der Waals surface area contributed by atoms with Gasteiger partial charge in [-0.15, -0.1) is 0 Å². The Morgan fingerprint density at radius 2 is 1.82 bits per heavy atom. The van der Waals surface area contributed by atoms with E-state index in [-0.39, 0.29) is 5.56 Å². The molecule has 0 atom stereocenters. The number of halogens is 3. The lowest BCUT2D eigenvalue weighted by atomic mass is 10.0. The maximum Gasteiger partial charge on any atom is 0.417 e. The highest BCUT2D eigenvalue weighted by atomic mass is 19.4. The first-order valence-corrected chi connectivity index (χ1v) is 4.77. The molecule has 94 valence electrons. The number of hydrogen-bond donors (Lipinski definition) is 1. The van der Waals surface area contributed by atoms with Gasteiger partial charge in [-0.3, -0.25) is 4.79 Å². The summed E-state index contributed by atoms with van der Waals surface area (Å²) in [5.74, 6) is -1.50. The number of aryl methyl sites for hydroxylation is 1. The zero-order chi connectivity index (χ0) is 13.4. The number of phenols is 1. The minimum Gasteiger partial charge on any atom is -0.507 e. The van der Waals surface area contributed by atoms with Gasteiger partial charge in [0.2, 0.25) is 0 Å². The van der Waals surface area contributed by atoms with E-state index >= 15 is 0 Å². The Morgan fingerprint density at radius 1 is 1.29 bits per heavy atom. The molecule has 0 fully saturated rings. The van der Waals surface area contributed by atoms with Gasteiger partial charge in [-0.25, -0.2) is 0 Å². The summed E-state index contributed by atoms with van der Waals surface area (Å²) in [5.41, 5.74) is -1.61. The molecule has 1 N–H and O–H groups in total. The molecule has 3 nitrogen and oxygen atoms in total. The van der Waals surface area contributed by atoms with Crippen molar-refractivity contribution in [2.75, 3.05) is 14.1 Å². The first-order valence-electron chi connectivity index (χ1n) is 4.77. The predicted molar refractivity (Wildman–Crippen MR) is 55.9 cm³/mol. The number of amides is 1. The van der Waals surface area contributed by atoms with Crippen molar-refractivity contribution in [2.45, 2.75) is 13.1 Å². The molecular formula is C11H12F3NO2. The van der Waals surface area contributed by atoms with Crippen LogP contribution < -0.4 is 0 Å². The van der Waals surface area contributed by atoms with Crippen molar-refractivity contribution in [3.05, 3.63) is 28.8 Å². The molecule has 17 heavy (non-hydrogen) atoms. The smallest absolute Gasteiger partial charge is 0.417 e. The molecule has 1 aromatic carbocycles. The second kappa shape index (κ2) is 4.27. The highest BCUT2D eigenvalue weighted by molar-refractivity contribution is 5.98. The maximum atomic E-state index is 12.7. The number of rotatable bonds is 1. The number of alkyl halides is 3. The molecule has 0 bridgehead atoms. The van der Waals surface area contributed by atoms with Gasteiger partial charge in [0.25, 0.3) is 5.91 Å². The summed E-state index contributed by atoms with van der Waals surface area (Å²) >= 11 is 0. The molecule has 0 saturated carbocycles. The van der Waals surface area contributed by atoms with Crippen molar-refractivity contribution in [3.63, 3.8) is 0 Å². The largest absolute Gasteiger partial charge is 0.507 e. The highest BCUT2D eigenvalue weighted by Gasteiger charge is 2.37. The summed E-state index contributed by atoms with van der Waals surface area (Å²) in [5, 5.41) is 9.61. The average Bonchev–Trinajstić information content (AvgIpc) is 2.19. The standard InChI is InChI=1S/C11H12F3NO2/c1-6-4-5-7(11(12,13)14)8(9(6)16)10(17)15(2)3/h4-5,16H,1-3H3. The van der Waals surface area contributed by atoms with E-state index in [9.17, 15) is 23.1 Å². The molecule has 1 amide bonds. The van der Waals surface area contributed by atoms with Gasteiger partial charge in [0.1, 0.15) is 5.75 Å². The van der Waals surface area contributed by atoms with Crippen LogP contribution in [0.2, 0.25) is 0 Å². The van der Waals surface area contributed by atoms with E-state index in [1.807, 2.05) is 0 Å². The van der Waals surface area contributed by atoms with Gasteiger partial charge in [0.15, 0.2) is 0 Å². The average molecular weight is 247 g/mol. The quantitative estimate of drug-likeness (QED) is 0.827. The van der Waals surface area contributed by atoms with E-state index < -0.39 is 29.0 Å². The van der Waals surface area contributed by atoms with Crippen molar-refractivity contribution in [1.29, 1.82) is 0 Å². The van der Waals surface area contributed by atoms with Crippen molar-refractivity contribution in [3.8, 4) is 5.75 Å². The fraction of sp³-hybridized carbons (Fsp3) is 0.364. The Hall–Kier alpha value is -1.72. The van der Waals surface area contributed by atoms with Crippen LogP contribution in [0.3, 0.4) is 0 Å².